The van der Waals surface area contributed by atoms with Crippen molar-refractivity contribution in [2.75, 3.05) is 42.9 Å². The molecule has 0 spiro atoms. The number of carbonyl (C=O) groups is 2. The molecule has 1 amide bonds. The number of nitrogens with one attached hydrogen (secondary N) is 1. The third-order valence-corrected chi connectivity index (χ3v) is 6.51. The first-order valence-corrected chi connectivity index (χ1v) is 11.5. The van der Waals surface area contributed by atoms with Crippen LogP contribution in [0.2, 0.25) is 0 Å². The van der Waals surface area contributed by atoms with Crippen LogP contribution in [0.4, 0.5) is 11.5 Å². The van der Waals surface area contributed by atoms with Crippen molar-refractivity contribution < 1.29 is 9.59 Å². The molecule has 4 rings (SSSR count). The van der Waals surface area contributed by atoms with E-state index >= 15 is 0 Å². The fourth-order valence-electron chi connectivity index (χ4n) is 4.08. The molecule has 2 heterocycles. The summed E-state index contributed by atoms with van der Waals surface area (Å²) in [6, 6.07) is 13.9. The Kier molecular flexibility index (Phi) is 7.87. The van der Waals surface area contributed by atoms with E-state index < -0.39 is 0 Å². The minimum atomic E-state index is -0.112. The molecule has 0 bridgehead atoms. The van der Waals surface area contributed by atoms with Crippen molar-refractivity contribution >= 4 is 57.2 Å². The van der Waals surface area contributed by atoms with Gasteiger partial charge in [-0.3, -0.25) is 14.5 Å². The second-order valence-electron chi connectivity index (χ2n) is 8.33. The molecular weight excluding hydrogens is 444 g/mol. The van der Waals surface area contributed by atoms with E-state index in [1.54, 1.807) is 0 Å². The van der Waals surface area contributed by atoms with Crippen LogP contribution in [0.5, 0.6) is 0 Å². The van der Waals surface area contributed by atoms with Gasteiger partial charge in [0.15, 0.2) is 5.78 Å². The van der Waals surface area contributed by atoms with Gasteiger partial charge in [-0.05, 0) is 53.3 Å². The molecule has 32 heavy (non-hydrogen) atoms. The van der Waals surface area contributed by atoms with E-state index in [4.69, 9.17) is 0 Å². The minimum Gasteiger partial charge on any atom is -0.353 e. The highest BCUT2D eigenvalue weighted by atomic mass is 35.5. The SMILES string of the molecule is CC(=O)Nc1ccc(C(=O)CN2CCN(c3nsc4ccccc34)CC2)c(C(C)C)c1.Cl. The van der Waals surface area contributed by atoms with E-state index in [1.807, 2.05) is 24.3 Å². The largest absolute Gasteiger partial charge is 0.353 e. The Morgan fingerprint density at radius 3 is 2.50 bits per heavy atom. The predicted molar refractivity (Wildman–Crippen MR) is 135 cm³/mol. The summed E-state index contributed by atoms with van der Waals surface area (Å²) in [7, 11) is 0. The van der Waals surface area contributed by atoms with Gasteiger partial charge in [-0.25, -0.2) is 0 Å². The summed E-state index contributed by atoms with van der Waals surface area (Å²) in [4.78, 5) is 29.0. The van der Waals surface area contributed by atoms with Crippen LogP contribution in [0.3, 0.4) is 0 Å². The molecule has 0 saturated carbocycles. The van der Waals surface area contributed by atoms with Gasteiger partial charge >= 0.3 is 0 Å². The summed E-state index contributed by atoms with van der Waals surface area (Å²) in [5.74, 6) is 1.27. The molecule has 170 valence electrons. The second-order valence-corrected chi connectivity index (χ2v) is 9.13. The first-order chi connectivity index (χ1) is 14.9. The van der Waals surface area contributed by atoms with Gasteiger partial charge in [-0.2, -0.15) is 4.37 Å². The molecule has 1 aromatic heterocycles. The smallest absolute Gasteiger partial charge is 0.221 e. The Hall–Kier alpha value is -2.48. The first kappa shape index (κ1) is 24.2. The number of piperazine rings is 1. The van der Waals surface area contributed by atoms with Crippen molar-refractivity contribution in [3.8, 4) is 0 Å². The highest BCUT2D eigenvalue weighted by Gasteiger charge is 2.23. The zero-order chi connectivity index (χ0) is 22.0. The highest BCUT2D eigenvalue weighted by molar-refractivity contribution is 7.13. The lowest BCUT2D eigenvalue weighted by atomic mass is 9.93. The first-order valence-electron chi connectivity index (χ1n) is 10.7. The molecule has 2 aromatic carbocycles. The summed E-state index contributed by atoms with van der Waals surface area (Å²) in [6.45, 7) is 9.42. The Bertz CT molecular complexity index is 1110. The van der Waals surface area contributed by atoms with Crippen LogP contribution in [0, 0.1) is 0 Å². The number of hydrogen-bond acceptors (Lipinski definition) is 6. The molecule has 1 fully saturated rings. The Labute approximate surface area is 199 Å². The lowest BCUT2D eigenvalue weighted by Gasteiger charge is -2.34. The summed E-state index contributed by atoms with van der Waals surface area (Å²) in [5, 5.41) is 4.01. The standard InChI is InChI=1S/C24H28N4O2S.ClH/c1-16(2)21-14-18(25-17(3)29)8-9-19(21)22(30)15-27-10-12-28(13-11-27)24-20-6-4-5-7-23(20)31-26-24;/h4-9,14,16H,10-13,15H2,1-3H3,(H,25,29);1H. The number of amides is 1. The Morgan fingerprint density at radius 2 is 1.81 bits per heavy atom. The average molecular weight is 473 g/mol. The quantitative estimate of drug-likeness (QED) is 0.522. The number of benzene rings is 2. The maximum Gasteiger partial charge on any atom is 0.221 e. The van der Waals surface area contributed by atoms with Gasteiger partial charge in [0.05, 0.1) is 11.2 Å². The van der Waals surface area contributed by atoms with Crippen LogP contribution in [-0.4, -0.2) is 53.7 Å². The van der Waals surface area contributed by atoms with E-state index in [0.717, 1.165) is 48.8 Å². The van der Waals surface area contributed by atoms with Crippen LogP contribution in [0.15, 0.2) is 42.5 Å². The van der Waals surface area contributed by atoms with Crippen molar-refractivity contribution in [2.45, 2.75) is 26.7 Å². The van der Waals surface area contributed by atoms with Crippen molar-refractivity contribution in [1.29, 1.82) is 0 Å². The van der Waals surface area contributed by atoms with Crippen LogP contribution < -0.4 is 10.2 Å². The van der Waals surface area contributed by atoms with Crippen molar-refractivity contribution in [3.63, 3.8) is 0 Å². The molecule has 6 nitrogen and oxygen atoms in total. The van der Waals surface area contributed by atoms with E-state index in [0.29, 0.717) is 6.54 Å². The van der Waals surface area contributed by atoms with E-state index in [1.165, 1.54) is 28.5 Å². The van der Waals surface area contributed by atoms with Gasteiger partial charge in [-0.1, -0.05) is 26.0 Å². The molecule has 1 aliphatic heterocycles. The maximum absolute atomic E-state index is 13.1. The Balaban J connectivity index is 0.00000289. The second kappa shape index (κ2) is 10.4. The van der Waals surface area contributed by atoms with Crippen molar-refractivity contribution in [1.82, 2.24) is 9.27 Å². The van der Waals surface area contributed by atoms with Gasteiger partial charge in [-0.15, -0.1) is 12.4 Å². The number of rotatable bonds is 6. The molecule has 8 heteroatoms. The molecule has 1 aliphatic rings. The van der Waals surface area contributed by atoms with Crippen LogP contribution >= 0.6 is 23.9 Å². The van der Waals surface area contributed by atoms with Crippen molar-refractivity contribution in [2.24, 2.45) is 0 Å². The number of anilines is 2. The maximum atomic E-state index is 13.1. The third kappa shape index (κ3) is 5.28. The fourth-order valence-corrected chi connectivity index (χ4v) is 4.88. The number of fused-ring (bicyclic) bond motifs is 1. The zero-order valence-corrected chi connectivity index (χ0v) is 20.3. The molecule has 1 N–H and O–H groups in total. The van der Waals surface area contributed by atoms with E-state index in [9.17, 15) is 9.59 Å². The molecule has 0 unspecified atom stereocenters. The third-order valence-electron chi connectivity index (χ3n) is 5.69. The lowest BCUT2D eigenvalue weighted by molar-refractivity contribution is -0.114. The molecule has 3 aromatic rings. The van der Waals surface area contributed by atoms with E-state index in [2.05, 4.69) is 51.5 Å². The van der Waals surface area contributed by atoms with Gasteiger partial charge in [0.25, 0.3) is 0 Å². The number of Topliss-reactive ketones (excluding diaryl/α,β-unsaturated/α-hetero) is 1. The topological polar surface area (TPSA) is 65.5 Å². The van der Waals surface area contributed by atoms with Crippen LogP contribution in [0.25, 0.3) is 10.1 Å². The minimum absolute atomic E-state index is 0. The van der Waals surface area contributed by atoms with E-state index in [-0.39, 0.29) is 30.0 Å². The summed E-state index contributed by atoms with van der Waals surface area (Å²) in [6.07, 6.45) is 0. The summed E-state index contributed by atoms with van der Waals surface area (Å²) in [5.41, 5.74) is 2.46. The van der Waals surface area contributed by atoms with Crippen LogP contribution in [-0.2, 0) is 4.79 Å². The monoisotopic (exact) mass is 472 g/mol. The highest BCUT2D eigenvalue weighted by Crippen LogP contribution is 2.30. The van der Waals surface area contributed by atoms with Gasteiger partial charge < -0.3 is 10.2 Å². The number of carbonyl (C=O) groups excluding carboxylic acids is 2. The van der Waals surface area contributed by atoms with Crippen LogP contribution in [0.1, 0.15) is 42.6 Å². The van der Waals surface area contributed by atoms with Crippen molar-refractivity contribution in [3.05, 3.63) is 53.6 Å². The van der Waals surface area contributed by atoms with Gasteiger partial charge in [0.2, 0.25) is 5.91 Å². The predicted octanol–water partition coefficient (Wildman–Crippen LogP) is 4.80. The molecule has 0 atom stereocenters. The molecule has 0 radical (unpaired) electrons. The average Bonchev–Trinajstić information content (AvgIpc) is 3.18. The lowest BCUT2D eigenvalue weighted by Crippen LogP contribution is -2.48. The molecular formula is C24H29ClN4O2S. The fraction of sp³-hybridized carbons (Fsp3) is 0.375. The normalized spacial score (nSPS) is 14.4. The number of halogens is 1. The van der Waals surface area contributed by atoms with Gasteiger partial charge in [0.1, 0.15) is 5.82 Å². The number of hydrogen-bond donors (Lipinski definition) is 1. The zero-order valence-electron chi connectivity index (χ0n) is 18.6. The van der Waals surface area contributed by atoms with Gasteiger partial charge in [0, 0.05) is 49.7 Å². The summed E-state index contributed by atoms with van der Waals surface area (Å²) < 4.78 is 5.87. The summed E-state index contributed by atoms with van der Waals surface area (Å²) >= 11 is 1.54. The molecule has 1 saturated heterocycles. The Morgan fingerprint density at radius 1 is 1.09 bits per heavy atom. The number of nitrogens with zero attached hydrogens (tertiary/aromatic N) is 3. The molecule has 0 aliphatic carbocycles. The number of aromatic nitrogens is 1. The number of ketones is 1.